The van der Waals surface area contributed by atoms with Gasteiger partial charge in [0.2, 0.25) is 0 Å². The molecule has 1 heterocycles. The van der Waals surface area contributed by atoms with Crippen LogP contribution in [0.4, 0.5) is 0 Å². The van der Waals surface area contributed by atoms with Crippen LogP contribution < -0.4 is 0 Å². The third kappa shape index (κ3) is 5.57. The third-order valence-electron chi connectivity index (χ3n) is 4.25. The molecule has 1 N–H and O–H groups in total. The van der Waals surface area contributed by atoms with Crippen molar-refractivity contribution in [3.8, 4) is 0 Å². The standard InChI is InChI=1S/C18H25NO3S/c1-2-23-13-15-5-8-16(9-6-15)18(22)19-11-3-4-14(12-19)7-10-17(20)21/h5-6,8-9,14H,2-4,7,10-13H2,1H3,(H,20,21). The van der Waals surface area contributed by atoms with Gasteiger partial charge in [0, 0.05) is 30.8 Å². The first-order valence-corrected chi connectivity index (χ1v) is 9.43. The molecule has 0 radical (unpaired) electrons. The summed E-state index contributed by atoms with van der Waals surface area (Å²) in [5.41, 5.74) is 1.97. The number of carboxylic acids is 1. The number of benzene rings is 1. The van der Waals surface area contributed by atoms with E-state index in [2.05, 4.69) is 6.92 Å². The summed E-state index contributed by atoms with van der Waals surface area (Å²) in [6.07, 6.45) is 2.83. The van der Waals surface area contributed by atoms with Gasteiger partial charge in [0.15, 0.2) is 0 Å². The molecule has 0 spiro atoms. The summed E-state index contributed by atoms with van der Waals surface area (Å²) in [7, 11) is 0. The predicted molar refractivity (Wildman–Crippen MR) is 93.8 cm³/mol. The molecule has 0 saturated carbocycles. The quantitative estimate of drug-likeness (QED) is 0.826. The number of rotatable bonds is 7. The minimum Gasteiger partial charge on any atom is -0.481 e. The Bertz CT molecular complexity index is 530. The zero-order valence-corrected chi connectivity index (χ0v) is 14.5. The zero-order valence-electron chi connectivity index (χ0n) is 13.7. The molecule has 1 saturated heterocycles. The normalized spacial score (nSPS) is 18.0. The van der Waals surface area contributed by atoms with Crippen LogP contribution in [0.3, 0.4) is 0 Å². The molecular formula is C18H25NO3S. The SMILES string of the molecule is CCSCc1ccc(C(=O)N2CCCC(CCC(=O)O)C2)cc1. The lowest BCUT2D eigenvalue weighted by atomic mass is 9.93. The molecule has 1 fully saturated rings. The molecule has 1 aromatic rings. The lowest BCUT2D eigenvalue weighted by Crippen LogP contribution is -2.40. The van der Waals surface area contributed by atoms with Crippen LogP contribution in [0.25, 0.3) is 0 Å². The molecular weight excluding hydrogens is 310 g/mol. The van der Waals surface area contributed by atoms with E-state index in [1.54, 1.807) is 0 Å². The Morgan fingerprint density at radius 3 is 2.70 bits per heavy atom. The average Bonchev–Trinajstić information content (AvgIpc) is 2.58. The fraction of sp³-hybridized carbons (Fsp3) is 0.556. The second kappa shape index (κ2) is 8.96. The molecule has 0 aromatic heterocycles. The Morgan fingerprint density at radius 1 is 1.30 bits per heavy atom. The highest BCUT2D eigenvalue weighted by atomic mass is 32.2. The van der Waals surface area contributed by atoms with E-state index in [0.717, 1.165) is 36.5 Å². The second-order valence-electron chi connectivity index (χ2n) is 6.03. The van der Waals surface area contributed by atoms with Crippen LogP contribution >= 0.6 is 11.8 Å². The van der Waals surface area contributed by atoms with E-state index in [0.29, 0.717) is 18.9 Å². The van der Waals surface area contributed by atoms with Crippen molar-refractivity contribution in [2.75, 3.05) is 18.8 Å². The molecule has 0 aliphatic carbocycles. The van der Waals surface area contributed by atoms with Gasteiger partial charge in [-0.2, -0.15) is 11.8 Å². The summed E-state index contributed by atoms with van der Waals surface area (Å²) in [5, 5.41) is 8.80. The molecule has 4 nitrogen and oxygen atoms in total. The van der Waals surface area contributed by atoms with Crippen LogP contribution in [0, 0.1) is 5.92 Å². The van der Waals surface area contributed by atoms with Crippen LogP contribution in [-0.4, -0.2) is 40.7 Å². The van der Waals surface area contributed by atoms with Gasteiger partial charge in [0.1, 0.15) is 0 Å². The molecule has 23 heavy (non-hydrogen) atoms. The first-order chi connectivity index (χ1) is 11.1. The van der Waals surface area contributed by atoms with E-state index in [4.69, 9.17) is 5.11 Å². The maximum absolute atomic E-state index is 12.6. The summed E-state index contributed by atoms with van der Waals surface area (Å²) in [6, 6.07) is 7.88. The van der Waals surface area contributed by atoms with E-state index in [1.165, 1.54) is 5.56 Å². The summed E-state index contributed by atoms with van der Waals surface area (Å²) < 4.78 is 0. The van der Waals surface area contributed by atoms with Crippen molar-refractivity contribution in [2.24, 2.45) is 5.92 Å². The number of likely N-dealkylation sites (tertiary alicyclic amines) is 1. The number of hydrogen-bond acceptors (Lipinski definition) is 3. The molecule has 1 amide bonds. The van der Waals surface area contributed by atoms with Gasteiger partial charge in [0.25, 0.3) is 5.91 Å². The van der Waals surface area contributed by atoms with Crippen LogP contribution in [0.5, 0.6) is 0 Å². The molecule has 0 bridgehead atoms. The lowest BCUT2D eigenvalue weighted by Gasteiger charge is -2.32. The fourth-order valence-electron chi connectivity index (χ4n) is 2.96. The average molecular weight is 335 g/mol. The summed E-state index contributed by atoms with van der Waals surface area (Å²) in [4.78, 5) is 25.2. The maximum atomic E-state index is 12.6. The maximum Gasteiger partial charge on any atom is 0.303 e. The van der Waals surface area contributed by atoms with Crippen molar-refractivity contribution in [2.45, 2.75) is 38.4 Å². The van der Waals surface area contributed by atoms with E-state index in [1.807, 2.05) is 40.9 Å². The van der Waals surface area contributed by atoms with Crippen LogP contribution in [-0.2, 0) is 10.5 Å². The van der Waals surface area contributed by atoms with Crippen molar-refractivity contribution in [3.05, 3.63) is 35.4 Å². The Labute approximate surface area is 142 Å². The number of carboxylic acid groups (broad SMARTS) is 1. The number of aliphatic carboxylic acids is 1. The Kier molecular flexibility index (Phi) is 6.96. The van der Waals surface area contributed by atoms with Gasteiger partial charge in [-0.25, -0.2) is 0 Å². The van der Waals surface area contributed by atoms with Gasteiger partial charge in [-0.05, 0) is 48.6 Å². The number of nitrogens with zero attached hydrogens (tertiary/aromatic N) is 1. The molecule has 1 aliphatic rings. The molecule has 5 heteroatoms. The van der Waals surface area contributed by atoms with E-state index in [9.17, 15) is 9.59 Å². The molecule has 1 atom stereocenters. The van der Waals surface area contributed by atoms with Crippen LogP contribution in [0.1, 0.15) is 48.5 Å². The number of piperidine rings is 1. The molecule has 126 valence electrons. The first kappa shape index (κ1) is 17.9. The van der Waals surface area contributed by atoms with Gasteiger partial charge in [-0.15, -0.1) is 0 Å². The van der Waals surface area contributed by atoms with Crippen molar-refractivity contribution >= 4 is 23.6 Å². The monoisotopic (exact) mass is 335 g/mol. The summed E-state index contributed by atoms with van der Waals surface area (Å²) in [6.45, 7) is 3.59. The molecule has 2 rings (SSSR count). The molecule has 1 unspecified atom stereocenters. The van der Waals surface area contributed by atoms with Gasteiger partial charge in [-0.3, -0.25) is 9.59 Å². The number of carbonyl (C=O) groups is 2. The largest absolute Gasteiger partial charge is 0.481 e. The van der Waals surface area contributed by atoms with Gasteiger partial charge < -0.3 is 10.0 Å². The van der Waals surface area contributed by atoms with Crippen molar-refractivity contribution in [1.82, 2.24) is 4.90 Å². The number of amides is 1. The van der Waals surface area contributed by atoms with Gasteiger partial charge in [0.05, 0.1) is 0 Å². The number of thioether (sulfide) groups is 1. The van der Waals surface area contributed by atoms with Crippen molar-refractivity contribution in [1.29, 1.82) is 0 Å². The highest BCUT2D eigenvalue weighted by Gasteiger charge is 2.24. The second-order valence-corrected chi connectivity index (χ2v) is 7.30. The molecule has 1 aliphatic heterocycles. The highest BCUT2D eigenvalue weighted by Crippen LogP contribution is 2.23. The van der Waals surface area contributed by atoms with Gasteiger partial charge in [-0.1, -0.05) is 19.1 Å². The smallest absolute Gasteiger partial charge is 0.303 e. The Hall–Kier alpha value is -1.49. The zero-order chi connectivity index (χ0) is 16.7. The number of hydrogen-bond donors (Lipinski definition) is 1. The van der Waals surface area contributed by atoms with Crippen LogP contribution in [0.15, 0.2) is 24.3 Å². The van der Waals surface area contributed by atoms with Crippen molar-refractivity contribution < 1.29 is 14.7 Å². The predicted octanol–water partition coefficient (Wildman–Crippen LogP) is 3.66. The van der Waals surface area contributed by atoms with E-state index < -0.39 is 5.97 Å². The van der Waals surface area contributed by atoms with E-state index >= 15 is 0 Å². The van der Waals surface area contributed by atoms with Crippen molar-refractivity contribution in [3.63, 3.8) is 0 Å². The Morgan fingerprint density at radius 2 is 2.04 bits per heavy atom. The minimum atomic E-state index is -0.756. The molecule has 1 aromatic carbocycles. The fourth-order valence-corrected chi connectivity index (χ4v) is 3.59. The summed E-state index contributed by atoms with van der Waals surface area (Å²) >= 11 is 1.87. The highest BCUT2D eigenvalue weighted by molar-refractivity contribution is 7.98. The first-order valence-electron chi connectivity index (χ1n) is 8.28. The topological polar surface area (TPSA) is 57.6 Å². The summed E-state index contributed by atoms with van der Waals surface area (Å²) in [5.74, 6) is 1.69. The Balaban J connectivity index is 1.92. The third-order valence-corrected chi connectivity index (χ3v) is 5.19. The van der Waals surface area contributed by atoms with Crippen LogP contribution in [0.2, 0.25) is 0 Å². The number of carbonyl (C=O) groups excluding carboxylic acids is 1. The van der Waals surface area contributed by atoms with Gasteiger partial charge >= 0.3 is 5.97 Å². The minimum absolute atomic E-state index is 0.0692. The van der Waals surface area contributed by atoms with E-state index in [-0.39, 0.29) is 12.3 Å². The lowest BCUT2D eigenvalue weighted by molar-refractivity contribution is -0.137.